The van der Waals surface area contributed by atoms with Gasteiger partial charge < -0.3 is 5.73 Å². The van der Waals surface area contributed by atoms with Crippen molar-refractivity contribution in [2.75, 3.05) is 12.3 Å². The molecule has 0 radical (unpaired) electrons. The molecule has 0 bridgehead atoms. The molecular weight excluding hydrogens is 258 g/mol. The van der Waals surface area contributed by atoms with E-state index in [-0.39, 0.29) is 12.1 Å². The molecule has 0 spiro atoms. The summed E-state index contributed by atoms with van der Waals surface area (Å²) in [6.45, 7) is 10.6. The number of benzene rings is 1. The van der Waals surface area contributed by atoms with Gasteiger partial charge in [0.05, 0.1) is 4.90 Å². The molecule has 5 heteroatoms. The summed E-state index contributed by atoms with van der Waals surface area (Å²) < 4.78 is 19.8. The molecule has 1 aromatic rings. The van der Waals surface area contributed by atoms with Gasteiger partial charge in [-0.05, 0) is 58.9 Å². The number of nitrogens with two attached hydrogens (primary N) is 1. The van der Waals surface area contributed by atoms with Crippen LogP contribution in [0.2, 0.25) is 0 Å². The first kappa shape index (κ1) is 16.0. The van der Waals surface area contributed by atoms with E-state index < -0.39 is 9.92 Å². The van der Waals surface area contributed by atoms with Gasteiger partial charge in [-0.3, -0.25) is 0 Å². The third-order valence-electron chi connectivity index (χ3n) is 2.79. The molecule has 1 aromatic carbocycles. The zero-order valence-corrected chi connectivity index (χ0v) is 13.3. The summed E-state index contributed by atoms with van der Waals surface area (Å²) in [4.78, 5) is 0.728. The Balaban J connectivity index is 3.44. The molecule has 0 saturated heterocycles. The average molecular weight is 283 g/mol. The summed E-state index contributed by atoms with van der Waals surface area (Å²) >= 11 is 0. The van der Waals surface area contributed by atoms with Gasteiger partial charge in [-0.25, -0.2) is 12.9 Å². The van der Waals surface area contributed by atoms with Crippen molar-refractivity contribution in [3.05, 3.63) is 24.3 Å². The highest BCUT2D eigenvalue weighted by atomic mass is 32.2. The molecule has 0 amide bonds. The van der Waals surface area contributed by atoms with Crippen LogP contribution in [0.1, 0.15) is 34.6 Å². The zero-order chi connectivity index (χ0) is 14.6. The maximum atomic E-state index is 13.4. The summed E-state index contributed by atoms with van der Waals surface area (Å²) in [5.74, 6) is 0. The molecule has 0 aromatic heterocycles. The zero-order valence-electron chi connectivity index (χ0n) is 12.5. The van der Waals surface area contributed by atoms with E-state index in [1.807, 2.05) is 51.1 Å². The van der Waals surface area contributed by atoms with E-state index in [1.54, 1.807) is 12.1 Å². The Morgan fingerprint density at radius 3 is 2.00 bits per heavy atom. The fourth-order valence-corrected chi connectivity index (χ4v) is 4.76. The Labute approximate surface area is 117 Å². The lowest BCUT2D eigenvalue weighted by atomic mass is 10.3. The van der Waals surface area contributed by atoms with Gasteiger partial charge >= 0.3 is 0 Å². The first-order chi connectivity index (χ1) is 8.82. The highest BCUT2D eigenvalue weighted by molar-refractivity contribution is 7.91. The monoisotopic (exact) mass is 283 g/mol. The number of rotatable bonds is 5. The van der Waals surface area contributed by atoms with Crippen molar-refractivity contribution in [2.24, 2.45) is 4.36 Å². The van der Waals surface area contributed by atoms with Crippen LogP contribution in [0.3, 0.4) is 0 Å². The fourth-order valence-electron chi connectivity index (χ4n) is 2.25. The molecular formula is C14H25N3OS. The Bertz CT molecular complexity index is 506. The molecule has 108 valence electrons. The summed E-state index contributed by atoms with van der Waals surface area (Å²) in [7, 11) is -2.57. The van der Waals surface area contributed by atoms with Gasteiger partial charge in [0.25, 0.3) is 0 Å². The Hall–Kier alpha value is -1.07. The molecule has 1 rings (SSSR count). The lowest BCUT2D eigenvalue weighted by Gasteiger charge is -2.33. The van der Waals surface area contributed by atoms with Crippen LogP contribution in [-0.2, 0) is 9.92 Å². The lowest BCUT2D eigenvalue weighted by molar-refractivity contribution is 0.315. The lowest BCUT2D eigenvalue weighted by Crippen LogP contribution is -2.41. The molecule has 4 nitrogen and oxygen atoms in total. The quantitative estimate of drug-likeness (QED) is 0.844. The van der Waals surface area contributed by atoms with Gasteiger partial charge in [0.15, 0.2) is 0 Å². The molecule has 0 fully saturated rings. The van der Waals surface area contributed by atoms with Gasteiger partial charge in [-0.1, -0.05) is 0 Å². The number of nitrogen functional groups attached to an aromatic ring is 1. The van der Waals surface area contributed by atoms with Gasteiger partial charge in [0.1, 0.15) is 9.92 Å². The van der Waals surface area contributed by atoms with Crippen LogP contribution in [0.25, 0.3) is 0 Å². The van der Waals surface area contributed by atoms with Gasteiger partial charge in [0, 0.05) is 24.3 Å². The van der Waals surface area contributed by atoms with Crippen LogP contribution in [0.5, 0.6) is 0 Å². The Kier molecular flexibility index (Phi) is 5.38. The summed E-state index contributed by atoms with van der Waals surface area (Å²) in [5, 5.41) is 0. The normalized spacial score (nSPS) is 14.9. The van der Waals surface area contributed by atoms with Crippen LogP contribution in [-0.4, -0.2) is 27.1 Å². The molecule has 19 heavy (non-hydrogen) atoms. The van der Waals surface area contributed by atoms with Crippen LogP contribution in [0.4, 0.5) is 5.69 Å². The molecule has 0 aliphatic carbocycles. The predicted octanol–water partition coefficient (Wildman–Crippen LogP) is 3.15. The van der Waals surface area contributed by atoms with Gasteiger partial charge in [0.2, 0.25) is 0 Å². The maximum absolute atomic E-state index is 13.4. The fraction of sp³-hybridized carbons (Fsp3) is 0.571. The van der Waals surface area contributed by atoms with Crippen LogP contribution in [0.15, 0.2) is 33.5 Å². The highest BCUT2D eigenvalue weighted by Crippen LogP contribution is 2.24. The SMILES string of the molecule is CCN=S(=O)(c1ccc(N)cc1)N(C(C)C)C(C)C. The average Bonchev–Trinajstić information content (AvgIpc) is 2.28. The number of hydrogen-bond acceptors (Lipinski definition) is 3. The second-order valence-electron chi connectivity index (χ2n) is 5.06. The van der Waals surface area contributed by atoms with E-state index in [4.69, 9.17) is 5.73 Å². The Morgan fingerprint density at radius 1 is 1.16 bits per heavy atom. The first-order valence-corrected chi connectivity index (χ1v) is 8.17. The topological polar surface area (TPSA) is 58.7 Å². The van der Waals surface area contributed by atoms with E-state index in [1.165, 1.54) is 0 Å². The number of nitrogens with zero attached hydrogens (tertiary/aromatic N) is 2. The second-order valence-corrected chi connectivity index (χ2v) is 7.20. The first-order valence-electron chi connectivity index (χ1n) is 6.70. The predicted molar refractivity (Wildman–Crippen MR) is 82.3 cm³/mol. The smallest absolute Gasteiger partial charge is 0.140 e. The van der Waals surface area contributed by atoms with Crippen molar-refractivity contribution < 1.29 is 4.21 Å². The molecule has 1 atom stereocenters. The van der Waals surface area contributed by atoms with Crippen molar-refractivity contribution in [3.8, 4) is 0 Å². The van der Waals surface area contributed by atoms with E-state index in [0.717, 1.165) is 4.90 Å². The van der Waals surface area contributed by atoms with E-state index in [2.05, 4.69) is 4.36 Å². The molecule has 2 N–H and O–H groups in total. The summed E-state index contributed by atoms with van der Waals surface area (Å²) in [6.07, 6.45) is 0. The van der Waals surface area contributed by atoms with Crippen molar-refractivity contribution in [2.45, 2.75) is 51.6 Å². The van der Waals surface area contributed by atoms with Crippen LogP contribution >= 0.6 is 0 Å². The second kappa shape index (κ2) is 6.39. The number of anilines is 1. The largest absolute Gasteiger partial charge is 0.399 e. The van der Waals surface area contributed by atoms with Crippen LogP contribution in [0, 0.1) is 0 Å². The summed E-state index contributed by atoms with van der Waals surface area (Å²) in [6, 6.07) is 7.49. The Morgan fingerprint density at radius 2 is 1.63 bits per heavy atom. The molecule has 1 unspecified atom stereocenters. The summed E-state index contributed by atoms with van der Waals surface area (Å²) in [5.41, 5.74) is 6.37. The molecule has 0 heterocycles. The van der Waals surface area contributed by atoms with Crippen molar-refractivity contribution in [1.82, 2.24) is 4.31 Å². The third kappa shape index (κ3) is 3.48. The highest BCUT2D eigenvalue weighted by Gasteiger charge is 2.27. The van der Waals surface area contributed by atoms with Gasteiger partial charge in [-0.15, -0.1) is 0 Å². The standard InChI is InChI=1S/C14H25N3OS/c1-6-16-19(18,17(11(2)3)12(4)5)14-9-7-13(15)8-10-14/h7-12H,6,15H2,1-5H3. The minimum Gasteiger partial charge on any atom is -0.399 e. The molecule has 0 saturated carbocycles. The van der Waals surface area contributed by atoms with Crippen molar-refractivity contribution in [1.29, 1.82) is 0 Å². The van der Waals surface area contributed by atoms with Crippen molar-refractivity contribution in [3.63, 3.8) is 0 Å². The van der Waals surface area contributed by atoms with Crippen molar-refractivity contribution >= 4 is 15.6 Å². The third-order valence-corrected chi connectivity index (χ3v) is 5.70. The van der Waals surface area contributed by atoms with Crippen LogP contribution < -0.4 is 5.73 Å². The van der Waals surface area contributed by atoms with E-state index >= 15 is 0 Å². The minimum atomic E-state index is -2.57. The van der Waals surface area contributed by atoms with E-state index in [9.17, 15) is 4.21 Å². The van der Waals surface area contributed by atoms with Gasteiger partial charge in [-0.2, -0.15) is 0 Å². The maximum Gasteiger partial charge on any atom is 0.140 e. The van der Waals surface area contributed by atoms with E-state index in [0.29, 0.717) is 12.2 Å². The minimum absolute atomic E-state index is 0.153. The number of hydrogen-bond donors (Lipinski definition) is 1. The molecule has 0 aliphatic heterocycles. The molecule has 0 aliphatic rings.